The molecule has 4 aromatic rings. The minimum Gasteiger partial charge on any atom is -0.493 e. The molecular weight excluding hydrogens is 479 g/mol. The summed E-state index contributed by atoms with van der Waals surface area (Å²) in [6.07, 6.45) is 2.75. The molecule has 2 aliphatic heterocycles. The minimum atomic E-state index is -0.781. The number of amides is 1. The summed E-state index contributed by atoms with van der Waals surface area (Å²) in [5.74, 6) is 1.55. The Hall–Kier alpha value is -4.15. The second kappa shape index (κ2) is 8.19. The number of halogens is 1. The van der Waals surface area contributed by atoms with Crippen LogP contribution in [0.2, 0.25) is 0 Å². The number of aryl methyl sites for hydroxylation is 2. The van der Waals surface area contributed by atoms with Gasteiger partial charge in [-0.3, -0.25) is 9.30 Å². The van der Waals surface area contributed by atoms with Crippen molar-refractivity contribution in [3.8, 4) is 22.8 Å². The van der Waals surface area contributed by atoms with Gasteiger partial charge in [0.05, 0.1) is 36.9 Å². The van der Waals surface area contributed by atoms with Gasteiger partial charge in [-0.25, -0.2) is 14.2 Å². The van der Waals surface area contributed by atoms with Gasteiger partial charge in [0.15, 0.2) is 17.2 Å². The lowest BCUT2D eigenvalue weighted by atomic mass is 9.95. The van der Waals surface area contributed by atoms with Gasteiger partial charge < -0.3 is 18.8 Å². The Bertz CT molecular complexity index is 1530. The molecule has 3 aromatic heterocycles. The molecule has 6 rings (SSSR count). The maximum atomic E-state index is 15.3. The fourth-order valence-corrected chi connectivity index (χ4v) is 4.85. The monoisotopic (exact) mass is 506 g/mol. The lowest BCUT2D eigenvalue weighted by Crippen LogP contribution is -2.38. The number of benzene rings is 1. The molecule has 1 aromatic carbocycles. The number of hydrogen-bond donors (Lipinski definition) is 0. The van der Waals surface area contributed by atoms with E-state index in [1.54, 1.807) is 31.2 Å². The number of pyridine rings is 1. The molecule has 0 aliphatic carbocycles. The Morgan fingerprint density at radius 1 is 1.19 bits per heavy atom. The van der Waals surface area contributed by atoms with Crippen LogP contribution in [-0.2, 0) is 18.3 Å². The van der Waals surface area contributed by atoms with Gasteiger partial charge in [-0.05, 0) is 45.9 Å². The number of hydrogen-bond acceptors (Lipinski definition) is 7. The lowest BCUT2D eigenvalue weighted by Gasteiger charge is -2.29. The van der Waals surface area contributed by atoms with Crippen LogP contribution in [0.4, 0.5) is 15.0 Å². The maximum absolute atomic E-state index is 15.3. The Balaban J connectivity index is 1.60. The average molecular weight is 507 g/mol. The molecule has 0 N–H and O–H groups in total. The predicted octanol–water partition coefficient (Wildman–Crippen LogP) is 4.39. The Labute approximate surface area is 212 Å². The molecule has 1 unspecified atom stereocenters. The normalized spacial score (nSPS) is 16.8. The number of fused-ring (bicyclic) bond motifs is 3. The number of carbonyl (C=O) groups excluding carboxylic acids is 1. The van der Waals surface area contributed by atoms with Crippen molar-refractivity contribution in [1.29, 1.82) is 0 Å². The molecule has 0 fully saturated rings. The molecule has 10 nitrogen and oxygen atoms in total. The van der Waals surface area contributed by atoms with Crippen LogP contribution in [-0.4, -0.2) is 49.1 Å². The second-order valence-electron chi connectivity index (χ2n) is 10.4. The van der Waals surface area contributed by atoms with E-state index in [1.807, 2.05) is 30.8 Å². The third kappa shape index (κ3) is 3.85. The Morgan fingerprint density at radius 2 is 1.95 bits per heavy atom. The summed E-state index contributed by atoms with van der Waals surface area (Å²) in [4.78, 5) is 19.7. The molecule has 0 saturated carbocycles. The van der Waals surface area contributed by atoms with E-state index < -0.39 is 17.5 Å². The van der Waals surface area contributed by atoms with E-state index in [0.29, 0.717) is 52.0 Å². The van der Waals surface area contributed by atoms with E-state index >= 15 is 4.39 Å². The van der Waals surface area contributed by atoms with Crippen LogP contribution in [0.1, 0.15) is 43.6 Å². The molecule has 0 saturated heterocycles. The second-order valence-corrected chi connectivity index (χ2v) is 10.4. The highest BCUT2D eigenvalue weighted by atomic mass is 19.1. The van der Waals surface area contributed by atoms with E-state index in [2.05, 4.69) is 15.2 Å². The number of rotatable bonds is 1. The fraction of sp³-hybridized carbons (Fsp3) is 0.385. The van der Waals surface area contributed by atoms with E-state index in [-0.39, 0.29) is 19.1 Å². The first-order valence-electron chi connectivity index (χ1n) is 12.0. The van der Waals surface area contributed by atoms with E-state index in [0.717, 1.165) is 5.82 Å². The first kappa shape index (κ1) is 23.3. The van der Waals surface area contributed by atoms with Gasteiger partial charge in [0, 0.05) is 24.4 Å². The number of anilines is 1. The van der Waals surface area contributed by atoms with Crippen LogP contribution in [0.5, 0.6) is 11.5 Å². The topological polar surface area (TPSA) is 96.0 Å². The first-order chi connectivity index (χ1) is 17.6. The van der Waals surface area contributed by atoms with Gasteiger partial charge in [-0.15, -0.1) is 10.2 Å². The smallest absolute Gasteiger partial charge is 0.416 e. The van der Waals surface area contributed by atoms with Crippen molar-refractivity contribution in [2.24, 2.45) is 7.05 Å². The Kier molecular flexibility index (Phi) is 5.15. The molecule has 0 spiro atoms. The highest BCUT2D eigenvalue weighted by Gasteiger charge is 2.37. The summed E-state index contributed by atoms with van der Waals surface area (Å²) in [7, 11) is 1.91. The summed E-state index contributed by atoms with van der Waals surface area (Å²) < 4.78 is 36.9. The van der Waals surface area contributed by atoms with Crippen molar-refractivity contribution in [2.45, 2.75) is 45.8 Å². The summed E-state index contributed by atoms with van der Waals surface area (Å²) in [5.41, 5.74) is 2.16. The van der Waals surface area contributed by atoms with E-state index in [4.69, 9.17) is 14.2 Å². The Morgan fingerprint density at radius 3 is 2.65 bits per heavy atom. The van der Waals surface area contributed by atoms with Gasteiger partial charge in [0.2, 0.25) is 0 Å². The summed E-state index contributed by atoms with van der Waals surface area (Å²) >= 11 is 0. The third-order valence-corrected chi connectivity index (χ3v) is 6.63. The zero-order valence-electron chi connectivity index (χ0n) is 21.3. The van der Waals surface area contributed by atoms with Crippen LogP contribution in [0, 0.1) is 12.7 Å². The largest absolute Gasteiger partial charge is 0.493 e. The average Bonchev–Trinajstić information content (AvgIpc) is 3.55. The van der Waals surface area contributed by atoms with Crippen molar-refractivity contribution >= 4 is 17.6 Å². The van der Waals surface area contributed by atoms with Crippen LogP contribution >= 0.6 is 0 Å². The number of imidazole rings is 1. The van der Waals surface area contributed by atoms with Crippen molar-refractivity contribution in [3.63, 3.8) is 0 Å². The lowest BCUT2D eigenvalue weighted by molar-refractivity contribution is 0.0574. The van der Waals surface area contributed by atoms with Gasteiger partial charge in [-0.2, -0.15) is 0 Å². The first-order valence-corrected chi connectivity index (χ1v) is 12.0. The van der Waals surface area contributed by atoms with Gasteiger partial charge in [-0.1, -0.05) is 0 Å². The molecule has 0 radical (unpaired) electrons. The molecule has 11 heteroatoms. The highest BCUT2D eigenvalue weighted by molar-refractivity contribution is 5.91. The summed E-state index contributed by atoms with van der Waals surface area (Å²) in [6, 6.07) is 4.79. The van der Waals surface area contributed by atoms with E-state index in [1.165, 1.54) is 17.3 Å². The minimum absolute atomic E-state index is 0.0878. The van der Waals surface area contributed by atoms with Crippen molar-refractivity contribution in [1.82, 2.24) is 24.1 Å². The number of aromatic nitrogens is 5. The van der Waals surface area contributed by atoms with Crippen molar-refractivity contribution < 1.29 is 23.4 Å². The highest BCUT2D eigenvalue weighted by Crippen LogP contribution is 2.43. The third-order valence-electron chi connectivity index (χ3n) is 6.63. The summed E-state index contributed by atoms with van der Waals surface area (Å²) in [6.45, 7) is 7.75. The fourth-order valence-electron chi connectivity index (χ4n) is 4.85. The number of ether oxygens (including phenoxy) is 3. The number of nitrogens with zero attached hydrogens (tertiary/aromatic N) is 6. The quantitative estimate of drug-likeness (QED) is 0.378. The van der Waals surface area contributed by atoms with Crippen LogP contribution in [0.3, 0.4) is 0 Å². The predicted molar refractivity (Wildman–Crippen MR) is 132 cm³/mol. The van der Waals surface area contributed by atoms with Gasteiger partial charge >= 0.3 is 6.09 Å². The molecule has 5 heterocycles. The van der Waals surface area contributed by atoms with Gasteiger partial charge in [0.1, 0.15) is 29.3 Å². The molecule has 192 valence electrons. The molecule has 1 amide bonds. The van der Waals surface area contributed by atoms with Crippen LogP contribution < -0.4 is 14.4 Å². The molecule has 0 bridgehead atoms. The van der Waals surface area contributed by atoms with Crippen molar-refractivity contribution in [3.05, 3.63) is 53.5 Å². The van der Waals surface area contributed by atoms with Crippen molar-refractivity contribution in [2.75, 3.05) is 18.1 Å². The zero-order chi connectivity index (χ0) is 26.1. The molecular formula is C26H27FN6O4. The standard InChI is InChI=1S/C26H27FN6O4/c1-14-29-19(10-31(14)5)16-8-21-24(33-13-28-30-23(16)33)32(25(34)37-26(2,3)4)9-17-18(27)6-7-20-22(17)15(11-35-20)12-36-21/h6-8,10,13,15H,9,11-12H2,1-5H3. The van der Waals surface area contributed by atoms with Crippen LogP contribution in [0.25, 0.3) is 16.9 Å². The number of carbonyl (C=O) groups is 1. The molecule has 37 heavy (non-hydrogen) atoms. The molecule has 1 atom stereocenters. The SMILES string of the molecule is Cc1nc(-c2cc3c(n4cnnc24)N(C(=O)OC(C)(C)C)Cc2c(F)ccc4c2C(CO4)CO3)cn1C. The molecule has 2 aliphatic rings. The zero-order valence-corrected chi connectivity index (χ0v) is 21.3. The summed E-state index contributed by atoms with van der Waals surface area (Å²) in [5, 5.41) is 8.45. The van der Waals surface area contributed by atoms with E-state index in [9.17, 15) is 4.79 Å². The maximum Gasteiger partial charge on any atom is 0.416 e. The van der Waals surface area contributed by atoms with Crippen LogP contribution in [0.15, 0.2) is 30.7 Å². The van der Waals surface area contributed by atoms with Gasteiger partial charge in [0.25, 0.3) is 0 Å².